The van der Waals surface area contributed by atoms with Gasteiger partial charge in [0.05, 0.1) is 11.4 Å². The molecule has 0 aromatic heterocycles. The molecule has 0 aliphatic carbocycles. The molecular formula is C24H27N3O4S. The van der Waals surface area contributed by atoms with E-state index in [0.29, 0.717) is 24.2 Å². The third-order valence-corrected chi connectivity index (χ3v) is 7.09. The highest BCUT2D eigenvalue weighted by Crippen LogP contribution is 2.20. The van der Waals surface area contributed by atoms with Crippen LogP contribution in [0.4, 0.5) is 0 Å². The number of sulfonamides is 1. The molecule has 2 amide bonds. The summed E-state index contributed by atoms with van der Waals surface area (Å²) < 4.78 is 26.9. The highest BCUT2D eigenvalue weighted by Gasteiger charge is 2.25. The minimum Gasteiger partial charge on any atom is -0.345 e. The standard InChI is InChI=1S/C24H27N3O4S/c1-26(2)24(29)21-10-8-19(9-11-21)7-6-16-25-23(28)20-12-14-22(15-13-20)32(30,31)27-17-4-3-5-18-27/h8-15H,3-5,16-18H2,1-2H3,(H,25,28). The molecule has 0 radical (unpaired) electrons. The van der Waals surface area contributed by atoms with Crippen LogP contribution in [-0.2, 0) is 10.0 Å². The first-order valence-corrected chi connectivity index (χ1v) is 11.9. The van der Waals surface area contributed by atoms with E-state index in [1.54, 1.807) is 38.4 Å². The Morgan fingerprint density at radius 3 is 2.12 bits per heavy atom. The monoisotopic (exact) mass is 453 g/mol. The van der Waals surface area contributed by atoms with Crippen LogP contribution in [0.2, 0.25) is 0 Å². The van der Waals surface area contributed by atoms with Crippen molar-refractivity contribution in [3.8, 4) is 11.8 Å². The predicted octanol–water partition coefficient (Wildman–Crippen LogP) is 2.34. The number of carbonyl (C=O) groups is 2. The van der Waals surface area contributed by atoms with Gasteiger partial charge in [0.2, 0.25) is 10.0 Å². The van der Waals surface area contributed by atoms with Gasteiger partial charge < -0.3 is 10.2 Å². The Kier molecular flexibility index (Phi) is 7.67. The largest absolute Gasteiger partial charge is 0.345 e. The van der Waals surface area contributed by atoms with Gasteiger partial charge in [0, 0.05) is 43.9 Å². The van der Waals surface area contributed by atoms with Crippen molar-refractivity contribution in [3.63, 3.8) is 0 Å². The minimum absolute atomic E-state index is 0.0773. The lowest BCUT2D eigenvalue weighted by molar-refractivity contribution is 0.0827. The van der Waals surface area contributed by atoms with Gasteiger partial charge in [-0.05, 0) is 61.4 Å². The van der Waals surface area contributed by atoms with Crippen molar-refractivity contribution in [2.75, 3.05) is 33.7 Å². The Bertz CT molecular complexity index is 1120. The summed E-state index contributed by atoms with van der Waals surface area (Å²) >= 11 is 0. The topological polar surface area (TPSA) is 86.8 Å². The molecule has 1 fully saturated rings. The van der Waals surface area contributed by atoms with E-state index in [2.05, 4.69) is 17.2 Å². The highest BCUT2D eigenvalue weighted by atomic mass is 32.2. The number of amides is 2. The maximum atomic E-state index is 12.7. The number of carbonyl (C=O) groups excluding carboxylic acids is 2. The summed E-state index contributed by atoms with van der Waals surface area (Å²) in [4.78, 5) is 25.9. The summed E-state index contributed by atoms with van der Waals surface area (Å²) in [7, 11) is -0.125. The first-order chi connectivity index (χ1) is 15.3. The summed E-state index contributed by atoms with van der Waals surface area (Å²) in [5.74, 6) is 5.41. The lowest BCUT2D eigenvalue weighted by Gasteiger charge is -2.25. The van der Waals surface area contributed by atoms with Gasteiger partial charge in [-0.3, -0.25) is 9.59 Å². The molecule has 1 aliphatic heterocycles. The Morgan fingerprint density at radius 1 is 0.938 bits per heavy atom. The fourth-order valence-electron chi connectivity index (χ4n) is 3.36. The van der Waals surface area contributed by atoms with Gasteiger partial charge >= 0.3 is 0 Å². The zero-order chi connectivity index (χ0) is 23.1. The van der Waals surface area contributed by atoms with Crippen molar-refractivity contribution in [1.82, 2.24) is 14.5 Å². The molecule has 2 aromatic rings. The van der Waals surface area contributed by atoms with E-state index in [1.807, 2.05) is 0 Å². The van der Waals surface area contributed by atoms with E-state index in [-0.39, 0.29) is 23.3 Å². The Balaban J connectivity index is 1.55. The quantitative estimate of drug-likeness (QED) is 0.704. The predicted molar refractivity (Wildman–Crippen MR) is 123 cm³/mol. The SMILES string of the molecule is CN(C)C(=O)c1ccc(C#CCNC(=O)c2ccc(S(=O)(=O)N3CCCCC3)cc2)cc1. The van der Waals surface area contributed by atoms with E-state index in [9.17, 15) is 18.0 Å². The molecular weight excluding hydrogens is 426 g/mol. The molecule has 3 rings (SSSR count). The number of nitrogens with one attached hydrogen (secondary N) is 1. The lowest BCUT2D eigenvalue weighted by Crippen LogP contribution is -2.35. The van der Waals surface area contributed by atoms with Crippen LogP contribution in [0.15, 0.2) is 53.4 Å². The first kappa shape index (κ1) is 23.5. The van der Waals surface area contributed by atoms with Crippen molar-refractivity contribution in [3.05, 3.63) is 65.2 Å². The Labute approximate surface area is 189 Å². The molecule has 7 nitrogen and oxygen atoms in total. The van der Waals surface area contributed by atoms with Gasteiger partial charge in [-0.1, -0.05) is 18.3 Å². The van der Waals surface area contributed by atoms with Gasteiger partial charge in [0.1, 0.15) is 0 Å². The molecule has 1 aliphatic rings. The van der Waals surface area contributed by atoms with E-state index in [4.69, 9.17) is 0 Å². The summed E-state index contributed by atoms with van der Waals surface area (Å²) in [5.41, 5.74) is 1.69. The molecule has 32 heavy (non-hydrogen) atoms. The average Bonchev–Trinajstić information content (AvgIpc) is 2.82. The van der Waals surface area contributed by atoms with Crippen LogP contribution in [0.25, 0.3) is 0 Å². The van der Waals surface area contributed by atoms with Gasteiger partial charge in [-0.25, -0.2) is 8.42 Å². The molecule has 168 valence electrons. The minimum atomic E-state index is -3.51. The molecule has 0 bridgehead atoms. The molecule has 0 unspecified atom stereocenters. The average molecular weight is 454 g/mol. The fourth-order valence-corrected chi connectivity index (χ4v) is 4.88. The summed E-state index contributed by atoms with van der Waals surface area (Å²) in [6.07, 6.45) is 2.80. The molecule has 2 aromatic carbocycles. The van der Waals surface area contributed by atoms with E-state index in [0.717, 1.165) is 24.8 Å². The third-order valence-electron chi connectivity index (χ3n) is 5.18. The van der Waals surface area contributed by atoms with Crippen LogP contribution in [0.5, 0.6) is 0 Å². The lowest BCUT2D eigenvalue weighted by atomic mass is 10.1. The number of nitrogens with zero attached hydrogens (tertiary/aromatic N) is 2. The Morgan fingerprint density at radius 2 is 1.53 bits per heavy atom. The Hall–Kier alpha value is -3.15. The summed E-state index contributed by atoms with van der Waals surface area (Å²) in [6, 6.07) is 12.9. The van der Waals surface area contributed by atoms with Crippen LogP contribution >= 0.6 is 0 Å². The second-order valence-electron chi connectivity index (χ2n) is 7.75. The molecule has 1 heterocycles. The number of hydrogen-bond donors (Lipinski definition) is 1. The van der Waals surface area contributed by atoms with Crippen LogP contribution in [-0.4, -0.2) is 63.2 Å². The highest BCUT2D eigenvalue weighted by molar-refractivity contribution is 7.89. The molecule has 0 atom stereocenters. The molecule has 1 N–H and O–H groups in total. The second-order valence-corrected chi connectivity index (χ2v) is 9.69. The number of hydrogen-bond acceptors (Lipinski definition) is 4. The zero-order valence-electron chi connectivity index (χ0n) is 18.3. The third kappa shape index (κ3) is 5.75. The smallest absolute Gasteiger partial charge is 0.253 e. The first-order valence-electron chi connectivity index (χ1n) is 10.5. The zero-order valence-corrected chi connectivity index (χ0v) is 19.1. The van der Waals surface area contributed by atoms with Gasteiger partial charge in [-0.2, -0.15) is 4.31 Å². The van der Waals surface area contributed by atoms with Crippen molar-refractivity contribution in [1.29, 1.82) is 0 Å². The van der Waals surface area contributed by atoms with Crippen molar-refractivity contribution >= 4 is 21.8 Å². The number of piperidine rings is 1. The molecule has 0 spiro atoms. The maximum absolute atomic E-state index is 12.7. The van der Waals surface area contributed by atoms with Crippen LogP contribution < -0.4 is 5.32 Å². The van der Waals surface area contributed by atoms with Crippen molar-refractivity contribution < 1.29 is 18.0 Å². The fraction of sp³-hybridized carbons (Fsp3) is 0.333. The molecule has 8 heteroatoms. The van der Waals surface area contributed by atoms with Gasteiger partial charge in [-0.15, -0.1) is 0 Å². The maximum Gasteiger partial charge on any atom is 0.253 e. The number of rotatable bonds is 5. The molecule has 0 saturated carbocycles. The van der Waals surface area contributed by atoms with E-state index < -0.39 is 10.0 Å². The van der Waals surface area contributed by atoms with E-state index in [1.165, 1.54) is 33.5 Å². The molecule has 1 saturated heterocycles. The normalized spacial score (nSPS) is 14.2. The summed E-state index contributed by atoms with van der Waals surface area (Å²) in [5, 5.41) is 2.70. The van der Waals surface area contributed by atoms with Crippen molar-refractivity contribution in [2.24, 2.45) is 0 Å². The van der Waals surface area contributed by atoms with Gasteiger partial charge in [0.25, 0.3) is 11.8 Å². The van der Waals surface area contributed by atoms with Gasteiger partial charge in [0.15, 0.2) is 0 Å². The number of benzene rings is 2. The summed E-state index contributed by atoms with van der Waals surface area (Å²) in [6.45, 7) is 1.22. The second kappa shape index (κ2) is 10.4. The van der Waals surface area contributed by atoms with Crippen LogP contribution in [0.3, 0.4) is 0 Å². The van der Waals surface area contributed by atoms with Crippen molar-refractivity contribution in [2.45, 2.75) is 24.2 Å². The van der Waals surface area contributed by atoms with Crippen LogP contribution in [0.1, 0.15) is 45.5 Å². The van der Waals surface area contributed by atoms with Crippen LogP contribution in [0, 0.1) is 11.8 Å². The van der Waals surface area contributed by atoms with E-state index >= 15 is 0 Å².